The van der Waals surface area contributed by atoms with Crippen molar-refractivity contribution in [2.24, 2.45) is 0 Å². The number of nitrogens with zero attached hydrogens (tertiary/aromatic N) is 1. The molecule has 0 aliphatic carbocycles. The Balaban J connectivity index is 1.67. The summed E-state index contributed by atoms with van der Waals surface area (Å²) in [5, 5.41) is 2.62. The summed E-state index contributed by atoms with van der Waals surface area (Å²) in [6, 6.07) is 12.1. The minimum absolute atomic E-state index is 0.172. The van der Waals surface area contributed by atoms with Gasteiger partial charge in [0.2, 0.25) is 15.9 Å². The van der Waals surface area contributed by atoms with E-state index in [0.29, 0.717) is 24.5 Å². The molecule has 0 radical (unpaired) electrons. The van der Waals surface area contributed by atoms with E-state index >= 15 is 0 Å². The summed E-state index contributed by atoms with van der Waals surface area (Å²) in [7, 11) is -3.53. The fraction of sp³-hybridized carbons (Fsp3) is 0.300. The molecule has 1 amide bonds. The van der Waals surface area contributed by atoms with Gasteiger partial charge in [-0.1, -0.05) is 6.42 Å². The van der Waals surface area contributed by atoms with Crippen LogP contribution < -0.4 is 10.1 Å². The number of anilines is 1. The Morgan fingerprint density at radius 1 is 0.929 bits per heavy atom. The average molecular weight is 402 g/mol. The van der Waals surface area contributed by atoms with Gasteiger partial charge in [-0.25, -0.2) is 13.2 Å². The minimum Gasteiger partial charge on any atom is -0.423 e. The van der Waals surface area contributed by atoms with Gasteiger partial charge in [-0.05, 0) is 61.4 Å². The van der Waals surface area contributed by atoms with E-state index in [2.05, 4.69) is 5.32 Å². The lowest BCUT2D eigenvalue weighted by molar-refractivity contribution is -0.114. The number of ether oxygens (including phenoxy) is 1. The molecular weight excluding hydrogens is 380 g/mol. The smallest absolute Gasteiger partial charge is 0.343 e. The first-order valence-corrected chi connectivity index (χ1v) is 10.5. The summed E-state index contributed by atoms with van der Waals surface area (Å²) in [6.45, 7) is 2.46. The maximum Gasteiger partial charge on any atom is 0.343 e. The summed E-state index contributed by atoms with van der Waals surface area (Å²) >= 11 is 0. The predicted molar refractivity (Wildman–Crippen MR) is 105 cm³/mol. The van der Waals surface area contributed by atoms with Gasteiger partial charge in [0.25, 0.3) is 0 Å². The average Bonchev–Trinajstić information content (AvgIpc) is 2.70. The molecule has 0 atom stereocenters. The number of nitrogens with one attached hydrogen (secondary N) is 1. The molecule has 1 aliphatic rings. The highest BCUT2D eigenvalue weighted by molar-refractivity contribution is 7.89. The normalized spacial score (nSPS) is 15.0. The van der Waals surface area contributed by atoms with Crippen LogP contribution in [0.5, 0.6) is 5.75 Å². The zero-order valence-electron chi connectivity index (χ0n) is 15.6. The van der Waals surface area contributed by atoms with E-state index in [9.17, 15) is 18.0 Å². The summed E-state index contributed by atoms with van der Waals surface area (Å²) in [5.41, 5.74) is 0.850. The number of amides is 1. The van der Waals surface area contributed by atoms with Crippen molar-refractivity contribution in [3.05, 3.63) is 54.1 Å². The number of carbonyl (C=O) groups excluding carboxylic acids is 2. The molecule has 0 bridgehead atoms. The highest BCUT2D eigenvalue weighted by atomic mass is 32.2. The Hall–Kier alpha value is -2.71. The quantitative estimate of drug-likeness (QED) is 0.613. The van der Waals surface area contributed by atoms with E-state index in [0.717, 1.165) is 19.3 Å². The van der Waals surface area contributed by atoms with Crippen LogP contribution in [0.4, 0.5) is 5.69 Å². The van der Waals surface area contributed by atoms with Gasteiger partial charge in [-0.3, -0.25) is 4.79 Å². The van der Waals surface area contributed by atoms with E-state index in [4.69, 9.17) is 4.74 Å². The number of rotatable bonds is 5. The molecule has 1 saturated heterocycles. The van der Waals surface area contributed by atoms with Gasteiger partial charge in [-0.15, -0.1) is 0 Å². The molecule has 0 spiro atoms. The monoisotopic (exact) mass is 402 g/mol. The highest BCUT2D eigenvalue weighted by Gasteiger charge is 2.26. The van der Waals surface area contributed by atoms with Crippen molar-refractivity contribution in [3.8, 4) is 5.75 Å². The van der Waals surface area contributed by atoms with Crippen molar-refractivity contribution in [2.75, 3.05) is 18.4 Å². The molecule has 1 aliphatic heterocycles. The van der Waals surface area contributed by atoms with Crippen LogP contribution in [0.1, 0.15) is 36.5 Å². The molecule has 28 heavy (non-hydrogen) atoms. The lowest BCUT2D eigenvalue weighted by Crippen LogP contribution is -2.35. The topological polar surface area (TPSA) is 92.8 Å². The van der Waals surface area contributed by atoms with E-state index in [1.54, 1.807) is 24.3 Å². The minimum atomic E-state index is -3.53. The SMILES string of the molecule is CC(=O)Nc1ccc(OC(=O)c2ccc(S(=O)(=O)N3CCCCC3)cc2)cc1. The zero-order valence-corrected chi connectivity index (χ0v) is 16.4. The van der Waals surface area contributed by atoms with Crippen LogP contribution >= 0.6 is 0 Å². The van der Waals surface area contributed by atoms with Crippen molar-refractivity contribution in [1.82, 2.24) is 4.31 Å². The van der Waals surface area contributed by atoms with Gasteiger partial charge in [0, 0.05) is 25.7 Å². The standard InChI is InChI=1S/C20H22N2O5S/c1-15(23)21-17-7-9-18(10-8-17)27-20(24)16-5-11-19(12-6-16)28(25,26)22-13-3-2-4-14-22/h5-12H,2-4,13-14H2,1H3,(H,21,23). The van der Waals surface area contributed by atoms with Gasteiger partial charge in [0.15, 0.2) is 0 Å². The molecule has 7 nitrogen and oxygen atoms in total. The van der Waals surface area contributed by atoms with E-state index in [1.807, 2.05) is 0 Å². The lowest BCUT2D eigenvalue weighted by Gasteiger charge is -2.25. The van der Waals surface area contributed by atoms with E-state index < -0.39 is 16.0 Å². The number of benzene rings is 2. The molecule has 0 aromatic heterocycles. The van der Waals surface area contributed by atoms with Crippen LogP contribution in [0.25, 0.3) is 0 Å². The van der Waals surface area contributed by atoms with Gasteiger partial charge in [0.05, 0.1) is 10.5 Å². The summed E-state index contributed by atoms with van der Waals surface area (Å²) in [4.78, 5) is 23.5. The van der Waals surface area contributed by atoms with Gasteiger partial charge in [-0.2, -0.15) is 4.31 Å². The number of esters is 1. The number of hydrogen-bond acceptors (Lipinski definition) is 5. The third kappa shape index (κ3) is 4.76. The maximum absolute atomic E-state index is 12.6. The number of carbonyl (C=O) groups is 2. The largest absolute Gasteiger partial charge is 0.423 e. The first-order chi connectivity index (χ1) is 13.4. The Morgan fingerprint density at radius 3 is 2.11 bits per heavy atom. The van der Waals surface area contributed by atoms with Crippen molar-refractivity contribution in [1.29, 1.82) is 0 Å². The fourth-order valence-electron chi connectivity index (χ4n) is 2.99. The first-order valence-electron chi connectivity index (χ1n) is 9.06. The van der Waals surface area contributed by atoms with Crippen LogP contribution in [0.3, 0.4) is 0 Å². The molecule has 1 heterocycles. The van der Waals surface area contributed by atoms with Crippen molar-refractivity contribution in [2.45, 2.75) is 31.1 Å². The van der Waals surface area contributed by atoms with Gasteiger partial charge in [0.1, 0.15) is 5.75 Å². The Morgan fingerprint density at radius 2 is 1.54 bits per heavy atom. The molecule has 1 fully saturated rings. The fourth-order valence-corrected chi connectivity index (χ4v) is 4.51. The van der Waals surface area contributed by atoms with Gasteiger partial charge >= 0.3 is 5.97 Å². The molecule has 0 saturated carbocycles. The lowest BCUT2D eigenvalue weighted by atomic mass is 10.2. The molecule has 3 rings (SSSR count). The zero-order chi connectivity index (χ0) is 20.1. The third-order valence-corrected chi connectivity index (χ3v) is 6.34. The van der Waals surface area contributed by atoms with Crippen LogP contribution in [0.2, 0.25) is 0 Å². The van der Waals surface area contributed by atoms with Crippen LogP contribution in [-0.4, -0.2) is 37.7 Å². The summed E-state index contributed by atoms with van der Waals surface area (Å²) in [6.07, 6.45) is 2.78. The molecule has 1 N–H and O–H groups in total. The van der Waals surface area contributed by atoms with Crippen LogP contribution in [0.15, 0.2) is 53.4 Å². The molecular formula is C20H22N2O5S. The molecule has 148 valence electrons. The van der Waals surface area contributed by atoms with Crippen molar-refractivity contribution >= 4 is 27.6 Å². The molecule has 8 heteroatoms. The van der Waals surface area contributed by atoms with Crippen LogP contribution in [-0.2, 0) is 14.8 Å². The number of hydrogen-bond donors (Lipinski definition) is 1. The summed E-state index contributed by atoms with van der Waals surface area (Å²) < 4.78 is 32.1. The second-order valence-electron chi connectivity index (χ2n) is 6.58. The Kier molecular flexibility index (Phi) is 6.11. The molecule has 2 aromatic carbocycles. The van der Waals surface area contributed by atoms with Crippen molar-refractivity contribution in [3.63, 3.8) is 0 Å². The maximum atomic E-state index is 12.6. The Labute approximate surface area is 164 Å². The second-order valence-corrected chi connectivity index (χ2v) is 8.52. The number of piperidine rings is 1. The summed E-state index contributed by atoms with van der Waals surface area (Å²) in [5.74, 6) is -0.456. The van der Waals surface area contributed by atoms with E-state index in [-0.39, 0.29) is 16.4 Å². The highest BCUT2D eigenvalue weighted by Crippen LogP contribution is 2.22. The second kappa shape index (κ2) is 8.53. The van der Waals surface area contributed by atoms with E-state index in [1.165, 1.54) is 35.5 Å². The van der Waals surface area contributed by atoms with Crippen molar-refractivity contribution < 1.29 is 22.7 Å². The predicted octanol–water partition coefficient (Wildman–Crippen LogP) is 3.04. The first kappa shape index (κ1) is 20.0. The third-order valence-electron chi connectivity index (χ3n) is 4.43. The molecule has 2 aromatic rings. The number of sulfonamides is 1. The van der Waals surface area contributed by atoms with Crippen LogP contribution in [0, 0.1) is 0 Å². The molecule has 0 unspecified atom stereocenters. The van der Waals surface area contributed by atoms with Gasteiger partial charge < -0.3 is 10.1 Å². The Bertz CT molecular complexity index is 947.